The van der Waals surface area contributed by atoms with Crippen LogP contribution in [0, 0.1) is 11.3 Å². The molecule has 1 atom stereocenters. The van der Waals surface area contributed by atoms with Gasteiger partial charge in [-0.25, -0.2) is 0 Å². The first-order valence-electron chi connectivity index (χ1n) is 8.64. The summed E-state index contributed by atoms with van der Waals surface area (Å²) in [6.45, 7) is 4.03. The quantitative estimate of drug-likeness (QED) is 0.876. The summed E-state index contributed by atoms with van der Waals surface area (Å²) in [6, 6.07) is 5.92. The van der Waals surface area contributed by atoms with E-state index in [0.717, 1.165) is 55.8 Å². The molecule has 3 aliphatic rings. The molecule has 2 aliphatic heterocycles. The van der Waals surface area contributed by atoms with Gasteiger partial charge in [-0.15, -0.1) is 12.4 Å². The smallest absolute Gasteiger partial charge is 0.223 e. The largest absolute Gasteiger partial charge is 0.490 e. The van der Waals surface area contributed by atoms with E-state index in [2.05, 4.69) is 10.6 Å². The lowest BCUT2D eigenvalue weighted by Gasteiger charge is -2.23. The Morgan fingerprint density at radius 2 is 1.96 bits per heavy atom. The van der Waals surface area contributed by atoms with Gasteiger partial charge >= 0.3 is 0 Å². The van der Waals surface area contributed by atoms with Crippen LogP contribution in [0.4, 0.5) is 0 Å². The van der Waals surface area contributed by atoms with Crippen LogP contribution in [0.1, 0.15) is 31.2 Å². The van der Waals surface area contributed by atoms with Crippen molar-refractivity contribution in [2.75, 3.05) is 26.3 Å². The number of fused-ring (bicyclic) bond motifs is 1. The molecule has 1 saturated carbocycles. The van der Waals surface area contributed by atoms with Gasteiger partial charge in [0.2, 0.25) is 5.91 Å². The van der Waals surface area contributed by atoms with Crippen molar-refractivity contribution < 1.29 is 14.3 Å². The summed E-state index contributed by atoms with van der Waals surface area (Å²) in [7, 11) is 0. The van der Waals surface area contributed by atoms with Crippen LogP contribution in [-0.4, -0.2) is 32.2 Å². The maximum absolute atomic E-state index is 12.4. The number of carbonyl (C=O) groups is 1. The molecule has 6 heteroatoms. The third-order valence-electron chi connectivity index (χ3n) is 5.38. The van der Waals surface area contributed by atoms with Crippen molar-refractivity contribution in [3.05, 3.63) is 23.8 Å². The molecule has 4 rings (SSSR count). The van der Waals surface area contributed by atoms with Crippen molar-refractivity contribution in [1.82, 2.24) is 10.6 Å². The van der Waals surface area contributed by atoms with Crippen LogP contribution in [0.15, 0.2) is 18.2 Å². The molecule has 1 spiro atoms. The highest BCUT2D eigenvalue weighted by atomic mass is 35.5. The van der Waals surface area contributed by atoms with E-state index in [4.69, 9.17) is 9.47 Å². The first-order valence-corrected chi connectivity index (χ1v) is 8.64. The Morgan fingerprint density at radius 3 is 2.75 bits per heavy atom. The van der Waals surface area contributed by atoms with Gasteiger partial charge in [0, 0.05) is 18.9 Å². The van der Waals surface area contributed by atoms with Gasteiger partial charge in [-0.2, -0.15) is 0 Å². The molecule has 0 radical (unpaired) electrons. The predicted octanol–water partition coefficient (Wildman–Crippen LogP) is 2.28. The minimum atomic E-state index is 0. The Kier molecular flexibility index (Phi) is 5.21. The second-order valence-electron chi connectivity index (χ2n) is 6.92. The molecule has 1 amide bonds. The first-order chi connectivity index (χ1) is 11.3. The highest BCUT2D eigenvalue weighted by molar-refractivity contribution is 5.85. The van der Waals surface area contributed by atoms with Crippen molar-refractivity contribution >= 4 is 18.3 Å². The van der Waals surface area contributed by atoms with Crippen molar-refractivity contribution in [2.45, 2.75) is 32.2 Å². The molecular weight excluding hydrogens is 328 g/mol. The minimum absolute atomic E-state index is 0. The number of hydrogen-bond acceptors (Lipinski definition) is 4. The molecule has 1 unspecified atom stereocenters. The molecule has 24 heavy (non-hydrogen) atoms. The number of benzene rings is 1. The van der Waals surface area contributed by atoms with Gasteiger partial charge < -0.3 is 20.1 Å². The molecule has 2 N–H and O–H groups in total. The van der Waals surface area contributed by atoms with Gasteiger partial charge in [0.05, 0.1) is 13.2 Å². The van der Waals surface area contributed by atoms with Gasteiger partial charge in [0.25, 0.3) is 0 Å². The third-order valence-corrected chi connectivity index (χ3v) is 5.38. The molecule has 2 heterocycles. The topological polar surface area (TPSA) is 59.6 Å². The fraction of sp³-hybridized carbons (Fsp3) is 0.611. The summed E-state index contributed by atoms with van der Waals surface area (Å²) in [6.07, 6.45) is 4.23. The van der Waals surface area contributed by atoms with E-state index in [-0.39, 0.29) is 24.2 Å². The lowest BCUT2D eigenvalue weighted by molar-refractivity contribution is -0.123. The zero-order valence-corrected chi connectivity index (χ0v) is 14.6. The van der Waals surface area contributed by atoms with E-state index >= 15 is 0 Å². The average molecular weight is 353 g/mol. The fourth-order valence-corrected chi connectivity index (χ4v) is 3.83. The number of nitrogens with one attached hydrogen (secondary N) is 2. The highest BCUT2D eigenvalue weighted by Crippen LogP contribution is 2.58. The van der Waals surface area contributed by atoms with Crippen LogP contribution in [0.2, 0.25) is 0 Å². The molecule has 0 aromatic heterocycles. The van der Waals surface area contributed by atoms with Crippen LogP contribution < -0.4 is 20.1 Å². The van der Waals surface area contributed by atoms with Crippen LogP contribution in [-0.2, 0) is 11.3 Å². The number of ether oxygens (including phenoxy) is 2. The maximum atomic E-state index is 12.4. The summed E-state index contributed by atoms with van der Waals surface area (Å²) in [5.41, 5.74) is 1.35. The van der Waals surface area contributed by atoms with Crippen molar-refractivity contribution in [2.24, 2.45) is 11.3 Å². The monoisotopic (exact) mass is 352 g/mol. The normalized spacial score (nSPS) is 23.8. The van der Waals surface area contributed by atoms with Crippen molar-refractivity contribution in [3.63, 3.8) is 0 Å². The van der Waals surface area contributed by atoms with Crippen LogP contribution in [0.5, 0.6) is 11.5 Å². The van der Waals surface area contributed by atoms with E-state index in [9.17, 15) is 4.79 Å². The van der Waals surface area contributed by atoms with Gasteiger partial charge in [-0.05, 0) is 55.5 Å². The standard InChI is InChI=1S/C18H24N2O3.ClH/c21-17(14-11-18(14)4-6-19-7-5-18)20-12-13-2-3-15-16(10-13)23-9-1-8-22-15;/h2-3,10,14,19H,1,4-9,11-12H2,(H,20,21);1H. The zero-order valence-electron chi connectivity index (χ0n) is 13.8. The van der Waals surface area contributed by atoms with Gasteiger partial charge in [-0.1, -0.05) is 6.07 Å². The highest BCUT2D eigenvalue weighted by Gasteiger charge is 2.57. The summed E-state index contributed by atoms with van der Waals surface area (Å²) in [4.78, 5) is 12.4. The summed E-state index contributed by atoms with van der Waals surface area (Å²) >= 11 is 0. The second kappa shape index (κ2) is 7.19. The lowest BCUT2D eigenvalue weighted by atomic mass is 9.92. The second-order valence-corrected chi connectivity index (χ2v) is 6.92. The third kappa shape index (κ3) is 3.47. The average Bonchev–Trinajstić information content (AvgIpc) is 3.32. The van der Waals surface area contributed by atoms with Crippen LogP contribution in [0.25, 0.3) is 0 Å². The molecule has 2 fully saturated rings. The Hall–Kier alpha value is -1.46. The zero-order chi connectivity index (χ0) is 15.7. The number of hydrogen-bond donors (Lipinski definition) is 2. The molecule has 5 nitrogen and oxygen atoms in total. The van der Waals surface area contributed by atoms with E-state index in [0.29, 0.717) is 25.2 Å². The molecule has 1 saturated heterocycles. The molecule has 1 aliphatic carbocycles. The Balaban J connectivity index is 0.00000169. The lowest BCUT2D eigenvalue weighted by Crippen LogP contribution is -2.33. The fourth-order valence-electron chi connectivity index (χ4n) is 3.83. The van der Waals surface area contributed by atoms with Crippen molar-refractivity contribution in [3.8, 4) is 11.5 Å². The number of carbonyl (C=O) groups excluding carboxylic acids is 1. The van der Waals surface area contributed by atoms with E-state index < -0.39 is 0 Å². The van der Waals surface area contributed by atoms with Crippen LogP contribution >= 0.6 is 12.4 Å². The number of amides is 1. The minimum Gasteiger partial charge on any atom is -0.490 e. The molecule has 1 aromatic rings. The predicted molar refractivity (Wildman–Crippen MR) is 93.8 cm³/mol. The number of piperidine rings is 1. The van der Waals surface area contributed by atoms with Gasteiger partial charge in [0.15, 0.2) is 11.5 Å². The Bertz CT molecular complexity index is 602. The van der Waals surface area contributed by atoms with Gasteiger partial charge in [-0.3, -0.25) is 4.79 Å². The van der Waals surface area contributed by atoms with E-state index in [1.165, 1.54) is 0 Å². The van der Waals surface area contributed by atoms with E-state index in [1.54, 1.807) is 0 Å². The molecular formula is C18H25ClN2O3. The van der Waals surface area contributed by atoms with Gasteiger partial charge in [0.1, 0.15) is 0 Å². The van der Waals surface area contributed by atoms with Crippen molar-refractivity contribution in [1.29, 1.82) is 0 Å². The Morgan fingerprint density at radius 1 is 1.21 bits per heavy atom. The summed E-state index contributed by atoms with van der Waals surface area (Å²) in [5, 5.41) is 6.47. The summed E-state index contributed by atoms with van der Waals surface area (Å²) in [5.74, 6) is 2.01. The molecule has 0 bridgehead atoms. The number of halogens is 1. The number of rotatable bonds is 3. The van der Waals surface area contributed by atoms with E-state index in [1.807, 2.05) is 18.2 Å². The Labute approximate surface area is 148 Å². The summed E-state index contributed by atoms with van der Waals surface area (Å²) < 4.78 is 11.3. The molecule has 132 valence electrons. The van der Waals surface area contributed by atoms with Crippen LogP contribution in [0.3, 0.4) is 0 Å². The maximum Gasteiger partial charge on any atom is 0.223 e. The SMILES string of the molecule is Cl.O=C(NCc1ccc2c(c1)OCCCO2)C1CC12CCNCC2. The first kappa shape index (κ1) is 17.4. The molecule has 1 aromatic carbocycles.